The highest BCUT2D eigenvalue weighted by atomic mass is 127. The minimum Gasteiger partial charge on any atom is -0.497 e. The first kappa shape index (κ1) is 24.2. The van der Waals surface area contributed by atoms with Crippen molar-refractivity contribution >= 4 is 47.2 Å². The summed E-state index contributed by atoms with van der Waals surface area (Å²) in [5.74, 6) is 1.31. The van der Waals surface area contributed by atoms with E-state index in [4.69, 9.17) is 4.74 Å². The van der Waals surface area contributed by atoms with Gasteiger partial charge < -0.3 is 20.3 Å². The van der Waals surface area contributed by atoms with Gasteiger partial charge in [-0.05, 0) is 32.0 Å². The third-order valence-electron chi connectivity index (χ3n) is 3.75. The predicted molar refractivity (Wildman–Crippen MR) is 125 cm³/mol. The van der Waals surface area contributed by atoms with Crippen molar-refractivity contribution in [2.24, 2.45) is 4.99 Å². The monoisotopic (exact) mass is 517 g/mol. The van der Waals surface area contributed by atoms with E-state index in [1.54, 1.807) is 36.6 Å². The number of halogens is 1. The summed E-state index contributed by atoms with van der Waals surface area (Å²) >= 11 is 1.64. The molecular formula is C19H28IN5O2S. The van der Waals surface area contributed by atoms with Gasteiger partial charge >= 0.3 is 0 Å². The van der Waals surface area contributed by atoms with Crippen LogP contribution in [0.2, 0.25) is 0 Å². The molecule has 0 aliphatic carbocycles. The first-order chi connectivity index (χ1) is 13.0. The highest BCUT2D eigenvalue weighted by Gasteiger charge is 2.09. The van der Waals surface area contributed by atoms with Gasteiger partial charge in [-0.25, -0.2) is 4.98 Å². The number of hydrogen-bond acceptors (Lipinski definition) is 5. The van der Waals surface area contributed by atoms with Crippen molar-refractivity contribution < 1.29 is 9.53 Å². The summed E-state index contributed by atoms with van der Waals surface area (Å²) in [4.78, 5) is 23.3. The molecule has 0 bridgehead atoms. The third kappa shape index (κ3) is 7.63. The number of carbonyl (C=O) groups is 1. The van der Waals surface area contributed by atoms with Gasteiger partial charge in [0.25, 0.3) is 5.91 Å². The molecule has 7 nitrogen and oxygen atoms in total. The molecule has 1 amide bonds. The van der Waals surface area contributed by atoms with Crippen LogP contribution in [0.15, 0.2) is 34.6 Å². The molecule has 0 atom stereocenters. The zero-order chi connectivity index (χ0) is 19.6. The number of thiazole rings is 1. The maximum absolute atomic E-state index is 12.2. The highest BCUT2D eigenvalue weighted by molar-refractivity contribution is 14.0. The van der Waals surface area contributed by atoms with E-state index in [0.29, 0.717) is 30.9 Å². The molecule has 0 saturated heterocycles. The largest absolute Gasteiger partial charge is 0.497 e. The lowest BCUT2D eigenvalue weighted by atomic mass is 10.2. The van der Waals surface area contributed by atoms with Crippen LogP contribution in [0, 0.1) is 6.92 Å². The van der Waals surface area contributed by atoms with Crippen LogP contribution in [0.4, 0.5) is 0 Å². The van der Waals surface area contributed by atoms with E-state index >= 15 is 0 Å². The Morgan fingerprint density at radius 1 is 1.36 bits per heavy atom. The summed E-state index contributed by atoms with van der Waals surface area (Å²) in [6.07, 6.45) is 0. The number of aryl methyl sites for hydroxylation is 1. The zero-order valence-electron chi connectivity index (χ0n) is 16.7. The van der Waals surface area contributed by atoms with Crippen LogP contribution in [0.5, 0.6) is 5.75 Å². The molecule has 0 spiro atoms. The van der Waals surface area contributed by atoms with E-state index in [2.05, 4.69) is 26.0 Å². The van der Waals surface area contributed by atoms with Crippen molar-refractivity contribution in [3.63, 3.8) is 0 Å². The van der Waals surface area contributed by atoms with Gasteiger partial charge in [-0.15, -0.1) is 35.3 Å². The number of hydrogen-bond donors (Lipinski definition) is 2. The number of aliphatic imine (C=N–C) groups is 1. The predicted octanol–water partition coefficient (Wildman–Crippen LogP) is 2.91. The summed E-state index contributed by atoms with van der Waals surface area (Å²) in [5, 5.41) is 9.26. The topological polar surface area (TPSA) is 78.8 Å². The Balaban J connectivity index is 0.00000392. The Kier molecular flexibility index (Phi) is 10.8. The third-order valence-corrected chi connectivity index (χ3v) is 4.58. The number of benzene rings is 1. The molecule has 1 heterocycles. The average molecular weight is 517 g/mol. The number of ether oxygens (including phenoxy) is 1. The fraction of sp³-hybridized carbons (Fsp3) is 0.421. The fourth-order valence-electron chi connectivity index (χ4n) is 2.47. The lowest BCUT2D eigenvalue weighted by Crippen LogP contribution is -2.39. The fourth-order valence-corrected chi connectivity index (χ4v) is 3.07. The van der Waals surface area contributed by atoms with Crippen LogP contribution >= 0.6 is 35.3 Å². The molecule has 2 aromatic rings. The van der Waals surface area contributed by atoms with Gasteiger partial charge in [-0.3, -0.25) is 9.79 Å². The quantitative estimate of drug-likeness (QED) is 0.244. The molecule has 2 rings (SSSR count). The van der Waals surface area contributed by atoms with Crippen LogP contribution in [0.25, 0.3) is 0 Å². The van der Waals surface area contributed by atoms with Crippen molar-refractivity contribution in [3.8, 4) is 5.75 Å². The van der Waals surface area contributed by atoms with Gasteiger partial charge in [0.15, 0.2) is 5.96 Å². The van der Waals surface area contributed by atoms with E-state index in [1.165, 1.54) is 0 Å². The molecule has 28 heavy (non-hydrogen) atoms. The number of nitrogens with one attached hydrogen (secondary N) is 2. The minimum atomic E-state index is -0.139. The summed E-state index contributed by atoms with van der Waals surface area (Å²) in [7, 11) is 3.56. The first-order valence-electron chi connectivity index (χ1n) is 8.86. The van der Waals surface area contributed by atoms with E-state index in [9.17, 15) is 4.79 Å². The average Bonchev–Trinajstić information content (AvgIpc) is 3.08. The van der Waals surface area contributed by atoms with Gasteiger partial charge in [0.2, 0.25) is 0 Å². The van der Waals surface area contributed by atoms with Gasteiger partial charge in [-0.1, -0.05) is 6.07 Å². The lowest BCUT2D eigenvalue weighted by Gasteiger charge is -2.21. The standard InChI is InChI=1S/C19H27N5O2S.HI/c1-5-20-19(24(3)12-16-13-27-14(2)23-16)22-10-9-21-18(25)15-7-6-8-17(11-15)26-4;/h6-8,11,13H,5,9-10,12H2,1-4H3,(H,20,22)(H,21,25);1H. The Labute approximate surface area is 187 Å². The highest BCUT2D eigenvalue weighted by Crippen LogP contribution is 2.12. The van der Waals surface area contributed by atoms with Crippen LogP contribution in [0.1, 0.15) is 28.0 Å². The summed E-state index contributed by atoms with van der Waals surface area (Å²) in [6, 6.07) is 7.08. The second-order valence-corrected chi connectivity index (χ2v) is 7.00. The number of rotatable bonds is 8. The van der Waals surface area contributed by atoms with Crippen molar-refractivity contribution in [1.29, 1.82) is 0 Å². The second kappa shape index (κ2) is 12.6. The van der Waals surface area contributed by atoms with Crippen molar-refractivity contribution in [2.45, 2.75) is 20.4 Å². The molecule has 9 heteroatoms. The van der Waals surface area contributed by atoms with Crippen molar-refractivity contribution in [1.82, 2.24) is 20.5 Å². The smallest absolute Gasteiger partial charge is 0.251 e. The van der Waals surface area contributed by atoms with Gasteiger partial charge in [0, 0.05) is 31.1 Å². The zero-order valence-corrected chi connectivity index (χ0v) is 19.8. The van der Waals surface area contributed by atoms with Crippen molar-refractivity contribution in [2.75, 3.05) is 33.8 Å². The molecule has 0 radical (unpaired) electrons. The Morgan fingerprint density at radius 3 is 2.79 bits per heavy atom. The molecule has 0 unspecified atom stereocenters. The molecule has 2 N–H and O–H groups in total. The summed E-state index contributed by atoms with van der Waals surface area (Å²) < 4.78 is 5.15. The van der Waals surface area contributed by atoms with Gasteiger partial charge in [0.05, 0.1) is 30.9 Å². The first-order valence-corrected chi connectivity index (χ1v) is 9.74. The van der Waals surface area contributed by atoms with E-state index in [-0.39, 0.29) is 29.9 Å². The van der Waals surface area contributed by atoms with Crippen molar-refractivity contribution in [3.05, 3.63) is 45.9 Å². The minimum absolute atomic E-state index is 0. The van der Waals surface area contributed by atoms with Gasteiger partial charge in [0.1, 0.15) is 5.75 Å². The number of carbonyl (C=O) groups excluding carboxylic acids is 1. The van der Waals surface area contributed by atoms with Gasteiger partial charge in [-0.2, -0.15) is 0 Å². The van der Waals surface area contributed by atoms with E-state index in [0.717, 1.165) is 23.2 Å². The summed E-state index contributed by atoms with van der Waals surface area (Å²) in [5.41, 5.74) is 1.60. The summed E-state index contributed by atoms with van der Waals surface area (Å²) in [6.45, 7) is 6.42. The van der Waals surface area contributed by atoms with Crippen LogP contribution in [-0.2, 0) is 6.54 Å². The van der Waals surface area contributed by atoms with E-state index in [1.807, 2.05) is 31.9 Å². The van der Waals surface area contributed by atoms with E-state index < -0.39 is 0 Å². The molecule has 154 valence electrons. The maximum atomic E-state index is 12.2. The number of nitrogens with zero attached hydrogens (tertiary/aromatic N) is 3. The number of aromatic nitrogens is 1. The number of amides is 1. The molecular weight excluding hydrogens is 489 g/mol. The lowest BCUT2D eigenvalue weighted by molar-refractivity contribution is 0.0954. The Hall–Kier alpha value is -1.88. The molecule has 0 aliphatic rings. The number of guanidine groups is 1. The molecule has 1 aromatic heterocycles. The molecule has 1 aromatic carbocycles. The molecule has 0 aliphatic heterocycles. The normalized spacial score (nSPS) is 10.8. The SMILES string of the molecule is CCNC(=NCCNC(=O)c1cccc(OC)c1)N(C)Cc1csc(C)n1.I. The number of methoxy groups -OCH3 is 1. The second-order valence-electron chi connectivity index (χ2n) is 5.94. The Morgan fingerprint density at radius 2 is 2.14 bits per heavy atom. The Bertz CT molecular complexity index is 781. The van der Waals surface area contributed by atoms with Crippen LogP contribution < -0.4 is 15.4 Å². The van der Waals surface area contributed by atoms with Crippen LogP contribution in [-0.4, -0.2) is 55.5 Å². The van der Waals surface area contributed by atoms with Crippen LogP contribution in [0.3, 0.4) is 0 Å². The molecule has 0 fully saturated rings. The molecule has 0 saturated carbocycles. The maximum Gasteiger partial charge on any atom is 0.251 e.